The molecule has 5 aromatic rings. The normalized spacial score (nSPS) is 11.9. The number of hydrogen-bond acceptors (Lipinski definition) is 7. The number of nitrogens with zero attached hydrogens (tertiary/aromatic N) is 7. The number of pyridine rings is 2. The third-order valence-electron chi connectivity index (χ3n) is 5.96. The molecule has 5 aromatic heterocycles. The van der Waals surface area contributed by atoms with Gasteiger partial charge in [0.2, 0.25) is 0 Å². The zero-order valence-electron chi connectivity index (χ0n) is 21.2. The second kappa shape index (κ2) is 10.7. The lowest BCUT2D eigenvalue weighted by atomic mass is 10.1. The van der Waals surface area contributed by atoms with Crippen molar-refractivity contribution in [3.8, 4) is 17.2 Å². The Morgan fingerprint density at radius 3 is 2.55 bits per heavy atom. The molecule has 0 saturated heterocycles. The smallest absolute Gasteiger partial charge is 0.270 e. The minimum absolute atomic E-state index is 0.270. The molecule has 10 nitrogen and oxygen atoms in total. The first kappa shape index (κ1) is 24.9. The number of hydrogen-bond donors (Lipinski definition) is 2. The van der Waals surface area contributed by atoms with Gasteiger partial charge in [0, 0.05) is 35.8 Å². The molecule has 11 heteroatoms. The quantitative estimate of drug-likeness (QED) is 0.321. The van der Waals surface area contributed by atoms with Crippen molar-refractivity contribution in [2.24, 2.45) is 0 Å². The fourth-order valence-corrected chi connectivity index (χ4v) is 4.08. The van der Waals surface area contributed by atoms with Gasteiger partial charge < -0.3 is 5.32 Å². The van der Waals surface area contributed by atoms with Gasteiger partial charge in [0.1, 0.15) is 5.69 Å². The number of carbonyl (C=O) groups excluding carboxylic acids is 1. The van der Waals surface area contributed by atoms with Crippen molar-refractivity contribution in [1.82, 2.24) is 45.2 Å². The predicted octanol–water partition coefficient (Wildman–Crippen LogP) is 4.07. The van der Waals surface area contributed by atoms with Crippen molar-refractivity contribution >= 4 is 5.91 Å². The Hall–Kier alpha value is -4.80. The van der Waals surface area contributed by atoms with E-state index in [2.05, 4.69) is 40.5 Å². The monoisotopic (exact) mass is 511 g/mol. The molecule has 0 unspecified atom stereocenters. The van der Waals surface area contributed by atoms with Crippen LogP contribution in [-0.4, -0.2) is 45.8 Å². The highest BCUT2D eigenvalue weighted by Gasteiger charge is 2.17. The summed E-state index contributed by atoms with van der Waals surface area (Å²) < 4.78 is 14.6. The van der Waals surface area contributed by atoms with Gasteiger partial charge in [-0.05, 0) is 56.2 Å². The molecule has 0 aliphatic carbocycles. The van der Waals surface area contributed by atoms with E-state index >= 15 is 0 Å². The summed E-state index contributed by atoms with van der Waals surface area (Å²) in [5.41, 5.74) is 5.40. The van der Waals surface area contributed by atoms with Gasteiger partial charge >= 0.3 is 0 Å². The second-order valence-corrected chi connectivity index (χ2v) is 8.96. The predicted molar refractivity (Wildman–Crippen MR) is 138 cm³/mol. The molecule has 38 heavy (non-hydrogen) atoms. The highest BCUT2D eigenvalue weighted by Crippen LogP contribution is 2.20. The molecule has 0 aliphatic heterocycles. The Kier molecular flexibility index (Phi) is 6.98. The lowest BCUT2D eigenvalue weighted by Crippen LogP contribution is -2.29. The summed E-state index contributed by atoms with van der Waals surface area (Å²) in [6, 6.07) is 10.7. The molecule has 0 bridgehead atoms. The molecule has 0 aromatic carbocycles. The SMILES string of the molecule is CC[C@@H](NC(=O)c1ccc(-c2nc(C)cc(Cc3cc(C)[nH]n3)n2)cn1)c1ccc(-n2cc(F)cn2)nc1. The van der Waals surface area contributed by atoms with E-state index in [9.17, 15) is 9.18 Å². The number of H-pyrrole nitrogens is 1. The van der Waals surface area contributed by atoms with Crippen LogP contribution in [0.15, 0.2) is 61.2 Å². The summed E-state index contributed by atoms with van der Waals surface area (Å²) in [7, 11) is 0. The van der Waals surface area contributed by atoms with Gasteiger partial charge in [0.05, 0.1) is 29.8 Å². The molecule has 5 rings (SSSR count). The van der Waals surface area contributed by atoms with Gasteiger partial charge in [-0.3, -0.25) is 14.9 Å². The summed E-state index contributed by atoms with van der Waals surface area (Å²) in [5, 5.41) is 14.1. The van der Waals surface area contributed by atoms with E-state index in [1.807, 2.05) is 39.0 Å². The number of halogens is 1. The largest absolute Gasteiger partial charge is 0.344 e. The molecule has 2 N–H and O–H groups in total. The standard InChI is InChI=1S/C27H26FN9O/c1-4-23(18-6-8-25(30-12-18)37-15-20(28)14-31-37)34-27(38)24-7-5-19(13-29-24)26-32-16(2)9-21(33-26)11-22-10-17(3)35-36-22/h5-10,12-15,23H,4,11H2,1-3H3,(H,34,38)(H,35,36)/t23-/m1/s1. The van der Waals surface area contributed by atoms with E-state index in [-0.39, 0.29) is 17.6 Å². The van der Waals surface area contributed by atoms with Gasteiger partial charge in [0.15, 0.2) is 17.5 Å². The average molecular weight is 512 g/mol. The fourth-order valence-electron chi connectivity index (χ4n) is 4.08. The van der Waals surface area contributed by atoms with Gasteiger partial charge in [-0.1, -0.05) is 13.0 Å². The number of aryl methyl sites for hydroxylation is 2. The maximum atomic E-state index is 13.2. The van der Waals surface area contributed by atoms with E-state index in [1.54, 1.807) is 30.6 Å². The van der Waals surface area contributed by atoms with Crippen molar-refractivity contribution in [3.05, 3.63) is 101 Å². The van der Waals surface area contributed by atoms with Crippen LogP contribution in [0.25, 0.3) is 17.2 Å². The number of aromatic amines is 1. The van der Waals surface area contributed by atoms with E-state index in [4.69, 9.17) is 0 Å². The van der Waals surface area contributed by atoms with Crippen LogP contribution in [-0.2, 0) is 6.42 Å². The Labute approximate surface area is 218 Å². The first-order valence-electron chi connectivity index (χ1n) is 12.2. The molecule has 0 aliphatic rings. The summed E-state index contributed by atoms with van der Waals surface area (Å²) in [5.74, 6) is 0.284. The molecule has 1 atom stereocenters. The molecule has 5 heterocycles. The first-order chi connectivity index (χ1) is 18.4. The minimum atomic E-state index is -0.438. The summed E-state index contributed by atoms with van der Waals surface area (Å²) in [6.07, 6.45) is 6.86. The van der Waals surface area contributed by atoms with E-state index in [0.717, 1.165) is 34.5 Å². The van der Waals surface area contributed by atoms with Gasteiger partial charge in [-0.25, -0.2) is 24.0 Å². The molecular weight excluding hydrogens is 485 g/mol. The maximum absolute atomic E-state index is 13.2. The Morgan fingerprint density at radius 2 is 1.92 bits per heavy atom. The number of carbonyl (C=O) groups is 1. The lowest BCUT2D eigenvalue weighted by molar-refractivity contribution is 0.0930. The van der Waals surface area contributed by atoms with Crippen molar-refractivity contribution in [2.75, 3.05) is 0 Å². The molecule has 192 valence electrons. The third-order valence-corrected chi connectivity index (χ3v) is 5.96. The minimum Gasteiger partial charge on any atom is -0.344 e. The number of nitrogens with one attached hydrogen (secondary N) is 2. The summed E-state index contributed by atoms with van der Waals surface area (Å²) in [6.45, 7) is 5.84. The van der Waals surface area contributed by atoms with E-state index < -0.39 is 5.82 Å². The zero-order chi connectivity index (χ0) is 26.6. The van der Waals surface area contributed by atoms with Crippen molar-refractivity contribution in [2.45, 2.75) is 39.7 Å². The Bertz CT molecular complexity index is 1560. The van der Waals surface area contributed by atoms with Gasteiger partial charge in [0.25, 0.3) is 5.91 Å². The van der Waals surface area contributed by atoms with Crippen LogP contribution in [0, 0.1) is 19.7 Å². The van der Waals surface area contributed by atoms with Crippen LogP contribution >= 0.6 is 0 Å². The van der Waals surface area contributed by atoms with Crippen molar-refractivity contribution in [1.29, 1.82) is 0 Å². The topological polar surface area (TPSA) is 127 Å². The molecule has 0 fully saturated rings. The summed E-state index contributed by atoms with van der Waals surface area (Å²) >= 11 is 0. The van der Waals surface area contributed by atoms with Crippen LogP contribution < -0.4 is 5.32 Å². The maximum Gasteiger partial charge on any atom is 0.270 e. The highest BCUT2D eigenvalue weighted by molar-refractivity contribution is 5.92. The second-order valence-electron chi connectivity index (χ2n) is 8.96. The van der Waals surface area contributed by atoms with Crippen LogP contribution in [0.3, 0.4) is 0 Å². The number of rotatable bonds is 8. The molecule has 0 radical (unpaired) electrons. The van der Waals surface area contributed by atoms with Crippen LogP contribution in [0.4, 0.5) is 4.39 Å². The fraction of sp³-hybridized carbons (Fsp3) is 0.222. The van der Waals surface area contributed by atoms with Gasteiger partial charge in [-0.15, -0.1) is 0 Å². The van der Waals surface area contributed by atoms with E-state index in [1.165, 1.54) is 10.9 Å². The Balaban J connectivity index is 1.28. The van der Waals surface area contributed by atoms with Crippen LogP contribution in [0.2, 0.25) is 0 Å². The summed E-state index contributed by atoms with van der Waals surface area (Å²) in [4.78, 5) is 30.9. The number of aromatic nitrogens is 8. The molecule has 1 amide bonds. The lowest BCUT2D eigenvalue weighted by Gasteiger charge is -2.17. The molecule has 0 saturated carbocycles. The molecular formula is C27H26FN9O. The van der Waals surface area contributed by atoms with Crippen LogP contribution in [0.1, 0.15) is 58.2 Å². The van der Waals surface area contributed by atoms with E-state index in [0.29, 0.717) is 30.0 Å². The van der Waals surface area contributed by atoms with Crippen molar-refractivity contribution < 1.29 is 9.18 Å². The van der Waals surface area contributed by atoms with Crippen LogP contribution in [0.5, 0.6) is 0 Å². The molecule has 0 spiro atoms. The zero-order valence-corrected chi connectivity index (χ0v) is 21.2. The first-order valence-corrected chi connectivity index (χ1v) is 12.2. The van der Waals surface area contributed by atoms with Crippen molar-refractivity contribution in [3.63, 3.8) is 0 Å². The van der Waals surface area contributed by atoms with Gasteiger partial charge in [-0.2, -0.15) is 10.2 Å². The Morgan fingerprint density at radius 1 is 1.05 bits per heavy atom. The number of amides is 1. The highest BCUT2D eigenvalue weighted by atomic mass is 19.1. The third kappa shape index (κ3) is 5.61. The average Bonchev–Trinajstić information content (AvgIpc) is 3.54.